The van der Waals surface area contributed by atoms with Crippen LogP contribution in [0.2, 0.25) is 5.02 Å². The summed E-state index contributed by atoms with van der Waals surface area (Å²) in [6.45, 7) is 2.88. The molecule has 0 aliphatic heterocycles. The van der Waals surface area contributed by atoms with Crippen molar-refractivity contribution in [2.75, 3.05) is 6.54 Å². The largest absolute Gasteiger partial charge is 0.351 e. The number of hydrogen-bond donors (Lipinski definition) is 1. The number of hydrogen-bond acceptors (Lipinski definition) is 2. The zero-order valence-corrected chi connectivity index (χ0v) is 16.4. The van der Waals surface area contributed by atoms with Crippen LogP contribution < -0.4 is 5.32 Å². The van der Waals surface area contributed by atoms with E-state index in [0.29, 0.717) is 17.3 Å². The Kier molecular flexibility index (Phi) is 6.83. The minimum absolute atomic E-state index is 0.135. The van der Waals surface area contributed by atoms with E-state index in [0.717, 1.165) is 34.9 Å². The first-order valence-corrected chi connectivity index (χ1v) is 10.0. The van der Waals surface area contributed by atoms with Crippen LogP contribution in [0.15, 0.2) is 54.6 Å². The smallest absolute Gasteiger partial charge is 0.269 e. The summed E-state index contributed by atoms with van der Waals surface area (Å²) in [5.74, 6) is -0.135. The average molecular weight is 381 g/mol. The van der Waals surface area contributed by atoms with Gasteiger partial charge in [-0.05, 0) is 23.9 Å². The number of pyridine rings is 1. The molecule has 0 unspecified atom stereocenters. The number of amides is 1. The SMILES string of the molecule is CCCCCCCNC(=O)c1cc2ccccc2c(-c2ccccc2Cl)n1. The molecule has 0 bridgehead atoms. The molecule has 0 saturated carbocycles. The van der Waals surface area contributed by atoms with E-state index in [1.807, 2.05) is 54.6 Å². The molecule has 1 aromatic heterocycles. The normalized spacial score (nSPS) is 10.9. The minimum atomic E-state index is -0.135. The molecule has 1 heterocycles. The van der Waals surface area contributed by atoms with Gasteiger partial charge in [-0.2, -0.15) is 0 Å². The van der Waals surface area contributed by atoms with E-state index in [9.17, 15) is 4.79 Å². The van der Waals surface area contributed by atoms with Gasteiger partial charge in [-0.15, -0.1) is 0 Å². The Morgan fingerprint density at radius 1 is 1.00 bits per heavy atom. The van der Waals surface area contributed by atoms with Crippen LogP contribution in [0, 0.1) is 0 Å². The predicted molar refractivity (Wildman–Crippen MR) is 113 cm³/mol. The van der Waals surface area contributed by atoms with Crippen molar-refractivity contribution in [2.45, 2.75) is 39.0 Å². The topological polar surface area (TPSA) is 42.0 Å². The highest BCUT2D eigenvalue weighted by atomic mass is 35.5. The van der Waals surface area contributed by atoms with Crippen LogP contribution in [0.1, 0.15) is 49.5 Å². The predicted octanol–water partition coefficient (Wildman–Crippen LogP) is 6.26. The molecule has 1 amide bonds. The molecule has 2 aromatic carbocycles. The average Bonchev–Trinajstić information content (AvgIpc) is 2.70. The molecule has 3 aromatic rings. The number of aromatic nitrogens is 1. The number of nitrogens with zero attached hydrogens (tertiary/aromatic N) is 1. The Morgan fingerprint density at radius 3 is 2.56 bits per heavy atom. The highest BCUT2D eigenvalue weighted by molar-refractivity contribution is 6.33. The van der Waals surface area contributed by atoms with Crippen LogP contribution >= 0.6 is 11.6 Å². The molecule has 0 saturated heterocycles. The molecule has 1 N–H and O–H groups in total. The number of carbonyl (C=O) groups excluding carboxylic acids is 1. The quantitative estimate of drug-likeness (QED) is 0.469. The van der Waals surface area contributed by atoms with Gasteiger partial charge in [-0.25, -0.2) is 4.98 Å². The van der Waals surface area contributed by atoms with Crippen molar-refractivity contribution in [2.24, 2.45) is 0 Å². The van der Waals surface area contributed by atoms with E-state index >= 15 is 0 Å². The van der Waals surface area contributed by atoms with Crippen molar-refractivity contribution in [1.29, 1.82) is 0 Å². The number of fused-ring (bicyclic) bond motifs is 1. The molecule has 0 fully saturated rings. The molecule has 3 rings (SSSR count). The summed E-state index contributed by atoms with van der Waals surface area (Å²) in [5, 5.41) is 5.60. The Morgan fingerprint density at radius 2 is 1.74 bits per heavy atom. The Labute approximate surface area is 165 Å². The first-order valence-electron chi connectivity index (χ1n) is 9.63. The fraction of sp³-hybridized carbons (Fsp3) is 0.304. The summed E-state index contributed by atoms with van der Waals surface area (Å²) in [6.07, 6.45) is 5.83. The van der Waals surface area contributed by atoms with Crippen LogP contribution in [0.4, 0.5) is 0 Å². The fourth-order valence-corrected chi connectivity index (χ4v) is 3.42. The molecular weight excluding hydrogens is 356 g/mol. The van der Waals surface area contributed by atoms with Crippen molar-refractivity contribution in [3.8, 4) is 11.3 Å². The zero-order valence-electron chi connectivity index (χ0n) is 15.7. The molecule has 140 valence electrons. The van der Waals surface area contributed by atoms with Crippen molar-refractivity contribution in [3.63, 3.8) is 0 Å². The Bertz CT molecular complexity index is 923. The summed E-state index contributed by atoms with van der Waals surface area (Å²) in [5.41, 5.74) is 2.01. The van der Waals surface area contributed by atoms with Crippen LogP contribution in [0.3, 0.4) is 0 Å². The zero-order chi connectivity index (χ0) is 19.1. The maximum atomic E-state index is 12.6. The summed E-state index contributed by atoms with van der Waals surface area (Å²) >= 11 is 6.39. The molecule has 4 heteroatoms. The minimum Gasteiger partial charge on any atom is -0.351 e. The lowest BCUT2D eigenvalue weighted by molar-refractivity contribution is 0.0948. The highest BCUT2D eigenvalue weighted by Gasteiger charge is 2.14. The van der Waals surface area contributed by atoms with Crippen LogP contribution in [0.25, 0.3) is 22.0 Å². The summed E-state index contributed by atoms with van der Waals surface area (Å²) in [6, 6.07) is 17.4. The maximum absolute atomic E-state index is 12.6. The van der Waals surface area contributed by atoms with Gasteiger partial charge >= 0.3 is 0 Å². The van der Waals surface area contributed by atoms with Gasteiger partial charge in [-0.3, -0.25) is 4.79 Å². The number of unbranched alkanes of at least 4 members (excludes halogenated alkanes) is 4. The highest BCUT2D eigenvalue weighted by Crippen LogP contribution is 2.32. The first kappa shape index (κ1) is 19.4. The van der Waals surface area contributed by atoms with E-state index < -0.39 is 0 Å². The fourth-order valence-electron chi connectivity index (χ4n) is 3.19. The van der Waals surface area contributed by atoms with Gasteiger partial charge in [-0.1, -0.05) is 86.7 Å². The van der Waals surface area contributed by atoms with Gasteiger partial charge in [0.15, 0.2) is 0 Å². The lowest BCUT2D eigenvalue weighted by Gasteiger charge is -2.11. The third-order valence-electron chi connectivity index (χ3n) is 4.67. The van der Waals surface area contributed by atoms with Crippen molar-refractivity contribution < 1.29 is 4.79 Å². The molecule has 0 atom stereocenters. The molecule has 0 aliphatic carbocycles. The Hall–Kier alpha value is -2.39. The van der Waals surface area contributed by atoms with Gasteiger partial charge in [0, 0.05) is 22.5 Å². The second-order valence-electron chi connectivity index (χ2n) is 6.73. The third kappa shape index (κ3) is 4.86. The molecule has 27 heavy (non-hydrogen) atoms. The van der Waals surface area contributed by atoms with Crippen molar-refractivity contribution >= 4 is 28.3 Å². The summed E-state index contributed by atoms with van der Waals surface area (Å²) in [7, 11) is 0. The molecule has 0 aliphatic rings. The monoisotopic (exact) mass is 380 g/mol. The summed E-state index contributed by atoms with van der Waals surface area (Å²) < 4.78 is 0. The lowest BCUT2D eigenvalue weighted by atomic mass is 10.0. The summed E-state index contributed by atoms with van der Waals surface area (Å²) in [4.78, 5) is 17.3. The van der Waals surface area contributed by atoms with Gasteiger partial charge in [0.25, 0.3) is 5.91 Å². The molecular formula is C23H25ClN2O. The Balaban J connectivity index is 1.84. The maximum Gasteiger partial charge on any atom is 0.269 e. The molecule has 3 nitrogen and oxygen atoms in total. The van der Waals surface area contributed by atoms with Crippen LogP contribution in [-0.2, 0) is 0 Å². The number of nitrogens with one attached hydrogen (secondary N) is 1. The third-order valence-corrected chi connectivity index (χ3v) is 5.00. The van der Waals surface area contributed by atoms with Gasteiger partial charge in [0.05, 0.1) is 5.69 Å². The number of carbonyl (C=O) groups is 1. The van der Waals surface area contributed by atoms with Crippen LogP contribution in [0.5, 0.6) is 0 Å². The van der Waals surface area contributed by atoms with Crippen molar-refractivity contribution in [1.82, 2.24) is 10.3 Å². The van der Waals surface area contributed by atoms with Gasteiger partial charge < -0.3 is 5.32 Å². The second kappa shape index (κ2) is 9.52. The standard InChI is InChI=1S/C23H25ClN2O/c1-2-3-4-5-10-15-25-23(27)21-16-17-11-6-7-12-18(17)22(26-21)19-13-8-9-14-20(19)24/h6-9,11-14,16H,2-5,10,15H2,1H3,(H,25,27). The first-order chi connectivity index (χ1) is 13.2. The number of halogens is 1. The van der Waals surface area contributed by atoms with E-state index in [1.54, 1.807) is 0 Å². The van der Waals surface area contributed by atoms with E-state index in [2.05, 4.69) is 17.2 Å². The van der Waals surface area contributed by atoms with Crippen molar-refractivity contribution in [3.05, 3.63) is 65.3 Å². The lowest BCUT2D eigenvalue weighted by Crippen LogP contribution is -2.25. The van der Waals surface area contributed by atoms with Gasteiger partial charge in [0.2, 0.25) is 0 Å². The van der Waals surface area contributed by atoms with Gasteiger partial charge in [0.1, 0.15) is 5.69 Å². The van der Waals surface area contributed by atoms with E-state index in [-0.39, 0.29) is 5.91 Å². The molecule has 0 spiro atoms. The molecule has 0 radical (unpaired) electrons. The number of rotatable bonds is 8. The van der Waals surface area contributed by atoms with E-state index in [1.165, 1.54) is 19.3 Å². The van der Waals surface area contributed by atoms with E-state index in [4.69, 9.17) is 11.6 Å². The van der Waals surface area contributed by atoms with Crippen LogP contribution in [-0.4, -0.2) is 17.4 Å². The second-order valence-corrected chi connectivity index (χ2v) is 7.13. The number of benzene rings is 2.